The zero-order valence-corrected chi connectivity index (χ0v) is 14.9. The maximum Gasteiger partial charge on any atom is 0.287 e. The zero-order chi connectivity index (χ0) is 19.1. The van der Waals surface area contributed by atoms with Crippen molar-refractivity contribution in [1.29, 1.82) is 0 Å². The molecule has 3 aromatic rings. The highest BCUT2D eigenvalue weighted by Crippen LogP contribution is 2.16. The Kier molecular flexibility index (Phi) is 5.94. The van der Waals surface area contributed by atoms with Crippen LogP contribution in [0.4, 0.5) is 0 Å². The Labute approximate surface area is 156 Å². The second kappa shape index (κ2) is 8.75. The van der Waals surface area contributed by atoms with Crippen LogP contribution in [0.15, 0.2) is 70.0 Å². The first-order valence-electron chi connectivity index (χ1n) is 8.45. The molecule has 2 aromatic heterocycles. The lowest BCUT2D eigenvalue weighted by molar-refractivity contribution is 0.0917. The van der Waals surface area contributed by atoms with Crippen LogP contribution in [-0.4, -0.2) is 30.7 Å². The van der Waals surface area contributed by atoms with E-state index in [0.717, 1.165) is 5.75 Å². The molecule has 0 radical (unpaired) electrons. The number of aromatic nitrogens is 1. The molecule has 0 bridgehead atoms. The average Bonchev–Trinajstić information content (AvgIpc) is 3.16. The average molecular weight is 368 g/mol. The third-order valence-electron chi connectivity index (χ3n) is 3.83. The second-order valence-corrected chi connectivity index (χ2v) is 5.71. The number of methoxy groups -OCH3 is 1. The summed E-state index contributed by atoms with van der Waals surface area (Å²) in [6, 6.07) is 15.4. The van der Waals surface area contributed by atoms with Crippen LogP contribution in [0.2, 0.25) is 0 Å². The van der Waals surface area contributed by atoms with Crippen LogP contribution in [0, 0.1) is 0 Å². The van der Waals surface area contributed by atoms with Crippen LogP contribution in [0.25, 0.3) is 0 Å². The normalized spacial score (nSPS) is 10.4. The molecule has 0 saturated heterocycles. The van der Waals surface area contributed by atoms with Gasteiger partial charge in [-0.25, -0.2) is 0 Å². The summed E-state index contributed by atoms with van der Waals surface area (Å²) in [6.07, 6.45) is 1.67. The van der Waals surface area contributed by atoms with Gasteiger partial charge >= 0.3 is 0 Å². The summed E-state index contributed by atoms with van der Waals surface area (Å²) in [5, 5.41) is 2.73. The SMILES string of the molecule is COc1ccc(OCCNC(=O)c2ccc(Cn3ccccc3=O)o2)cc1. The van der Waals surface area contributed by atoms with E-state index in [0.29, 0.717) is 24.7 Å². The van der Waals surface area contributed by atoms with E-state index < -0.39 is 0 Å². The number of nitrogens with zero attached hydrogens (tertiary/aromatic N) is 1. The molecular weight excluding hydrogens is 348 g/mol. The topological polar surface area (TPSA) is 82.7 Å². The van der Waals surface area contributed by atoms with Crippen molar-refractivity contribution in [3.8, 4) is 11.5 Å². The van der Waals surface area contributed by atoms with Crippen LogP contribution in [0.5, 0.6) is 11.5 Å². The maximum atomic E-state index is 12.1. The third kappa shape index (κ3) is 5.01. The van der Waals surface area contributed by atoms with Gasteiger partial charge in [-0.05, 0) is 42.5 Å². The molecule has 0 aliphatic heterocycles. The highest BCUT2D eigenvalue weighted by atomic mass is 16.5. The largest absolute Gasteiger partial charge is 0.497 e. The van der Waals surface area contributed by atoms with Crippen LogP contribution >= 0.6 is 0 Å². The van der Waals surface area contributed by atoms with E-state index in [2.05, 4.69) is 5.32 Å². The highest BCUT2D eigenvalue weighted by Gasteiger charge is 2.11. The summed E-state index contributed by atoms with van der Waals surface area (Å²) in [6.45, 7) is 0.928. The van der Waals surface area contributed by atoms with Crippen molar-refractivity contribution in [2.24, 2.45) is 0 Å². The minimum atomic E-state index is -0.333. The molecule has 7 nitrogen and oxygen atoms in total. The number of ether oxygens (including phenoxy) is 2. The number of hydrogen-bond donors (Lipinski definition) is 1. The molecule has 0 spiro atoms. The van der Waals surface area contributed by atoms with Gasteiger partial charge in [-0.2, -0.15) is 0 Å². The van der Waals surface area contributed by atoms with Gasteiger partial charge in [0.15, 0.2) is 5.76 Å². The summed E-state index contributed by atoms with van der Waals surface area (Å²) in [5.41, 5.74) is -0.129. The predicted octanol–water partition coefficient (Wildman–Crippen LogP) is 2.31. The Balaban J connectivity index is 1.46. The van der Waals surface area contributed by atoms with Gasteiger partial charge in [-0.3, -0.25) is 9.59 Å². The van der Waals surface area contributed by atoms with E-state index in [4.69, 9.17) is 13.9 Å². The Hall–Kier alpha value is -3.48. The fourth-order valence-corrected chi connectivity index (χ4v) is 2.44. The molecule has 1 amide bonds. The van der Waals surface area contributed by atoms with Crippen molar-refractivity contribution < 1.29 is 18.7 Å². The van der Waals surface area contributed by atoms with Crippen molar-refractivity contribution in [3.05, 3.63) is 82.7 Å². The minimum Gasteiger partial charge on any atom is -0.497 e. The van der Waals surface area contributed by atoms with E-state index in [1.165, 1.54) is 10.6 Å². The lowest BCUT2D eigenvalue weighted by Crippen LogP contribution is -2.27. The Morgan fingerprint density at radius 2 is 1.85 bits per heavy atom. The van der Waals surface area contributed by atoms with Crippen molar-refractivity contribution in [1.82, 2.24) is 9.88 Å². The highest BCUT2D eigenvalue weighted by molar-refractivity contribution is 5.91. The van der Waals surface area contributed by atoms with E-state index in [1.807, 2.05) is 0 Å². The maximum absolute atomic E-state index is 12.1. The monoisotopic (exact) mass is 368 g/mol. The van der Waals surface area contributed by atoms with Gasteiger partial charge in [0, 0.05) is 12.3 Å². The first-order chi connectivity index (χ1) is 13.2. The molecule has 140 valence electrons. The standard InChI is InChI=1S/C20H20N2O5/c1-25-15-5-7-16(8-6-15)26-13-11-21-20(24)18-10-9-17(27-18)14-22-12-3-2-4-19(22)23/h2-10,12H,11,13-14H2,1H3,(H,21,24). The molecule has 0 aliphatic rings. The number of benzene rings is 1. The van der Waals surface area contributed by atoms with E-state index >= 15 is 0 Å². The van der Waals surface area contributed by atoms with E-state index in [9.17, 15) is 9.59 Å². The van der Waals surface area contributed by atoms with Crippen molar-refractivity contribution in [2.75, 3.05) is 20.3 Å². The molecule has 2 heterocycles. The number of pyridine rings is 1. The van der Waals surface area contributed by atoms with Gasteiger partial charge in [0.25, 0.3) is 11.5 Å². The Morgan fingerprint density at radius 3 is 2.59 bits per heavy atom. The fourth-order valence-electron chi connectivity index (χ4n) is 2.44. The van der Waals surface area contributed by atoms with E-state index in [-0.39, 0.29) is 23.8 Å². The Bertz CT molecular complexity index is 943. The quantitative estimate of drug-likeness (QED) is 0.617. The number of nitrogens with one attached hydrogen (secondary N) is 1. The molecule has 1 N–H and O–H groups in total. The third-order valence-corrected chi connectivity index (χ3v) is 3.83. The Morgan fingerprint density at radius 1 is 1.07 bits per heavy atom. The number of amides is 1. The lowest BCUT2D eigenvalue weighted by Gasteiger charge is -2.07. The van der Waals surface area contributed by atoms with Crippen LogP contribution in [-0.2, 0) is 6.54 Å². The van der Waals surface area contributed by atoms with Gasteiger partial charge in [-0.15, -0.1) is 0 Å². The molecule has 7 heteroatoms. The summed E-state index contributed by atoms with van der Waals surface area (Å²) in [5.74, 6) is 1.84. The molecule has 0 fully saturated rings. The summed E-state index contributed by atoms with van der Waals surface area (Å²) < 4.78 is 17.7. The van der Waals surface area contributed by atoms with Crippen LogP contribution in [0.1, 0.15) is 16.3 Å². The first-order valence-corrected chi connectivity index (χ1v) is 8.45. The fraction of sp³-hybridized carbons (Fsp3) is 0.200. The minimum absolute atomic E-state index is 0.129. The number of hydrogen-bond acceptors (Lipinski definition) is 5. The van der Waals surface area contributed by atoms with Crippen LogP contribution < -0.4 is 20.3 Å². The first kappa shape index (κ1) is 18.3. The second-order valence-electron chi connectivity index (χ2n) is 5.71. The molecule has 0 unspecified atom stereocenters. The number of rotatable bonds is 8. The van der Waals surface area contributed by atoms with E-state index in [1.54, 1.807) is 61.8 Å². The summed E-state index contributed by atoms with van der Waals surface area (Å²) in [7, 11) is 1.60. The summed E-state index contributed by atoms with van der Waals surface area (Å²) >= 11 is 0. The van der Waals surface area contributed by atoms with Gasteiger partial charge in [0.05, 0.1) is 20.2 Å². The van der Waals surface area contributed by atoms with Gasteiger partial charge < -0.3 is 23.8 Å². The molecule has 0 saturated carbocycles. The van der Waals surface area contributed by atoms with Gasteiger partial charge in [0.2, 0.25) is 0 Å². The number of carbonyl (C=O) groups is 1. The zero-order valence-electron chi connectivity index (χ0n) is 14.9. The number of furan rings is 1. The smallest absolute Gasteiger partial charge is 0.287 e. The van der Waals surface area contributed by atoms with Crippen molar-refractivity contribution in [2.45, 2.75) is 6.54 Å². The van der Waals surface area contributed by atoms with Crippen molar-refractivity contribution in [3.63, 3.8) is 0 Å². The lowest BCUT2D eigenvalue weighted by atomic mass is 10.3. The van der Waals surface area contributed by atoms with Crippen molar-refractivity contribution >= 4 is 5.91 Å². The predicted molar refractivity (Wildman–Crippen MR) is 99.3 cm³/mol. The molecule has 1 aromatic carbocycles. The van der Waals surface area contributed by atoms with Crippen LogP contribution in [0.3, 0.4) is 0 Å². The van der Waals surface area contributed by atoms with Gasteiger partial charge in [0.1, 0.15) is 23.9 Å². The number of carbonyl (C=O) groups excluding carboxylic acids is 1. The summed E-state index contributed by atoms with van der Waals surface area (Å²) in [4.78, 5) is 23.8. The molecular formula is C20H20N2O5. The molecule has 0 atom stereocenters. The molecule has 27 heavy (non-hydrogen) atoms. The molecule has 3 rings (SSSR count). The molecule has 0 aliphatic carbocycles. The van der Waals surface area contributed by atoms with Gasteiger partial charge in [-0.1, -0.05) is 6.07 Å².